The van der Waals surface area contributed by atoms with Crippen LogP contribution in [0.2, 0.25) is 0 Å². The first-order chi connectivity index (χ1) is 11.6. The van der Waals surface area contributed by atoms with Gasteiger partial charge in [-0.25, -0.2) is 0 Å². The van der Waals surface area contributed by atoms with E-state index in [0.717, 1.165) is 0 Å². The summed E-state index contributed by atoms with van der Waals surface area (Å²) in [6.07, 6.45) is 0.144. The Bertz CT molecular complexity index is 846. The number of aromatic carboxylic acids is 1. The first-order valence-corrected chi connectivity index (χ1v) is 9.50. The van der Waals surface area contributed by atoms with Crippen LogP contribution in [0.4, 0.5) is 0 Å². The Balaban J connectivity index is 2.15. The van der Waals surface area contributed by atoms with Gasteiger partial charge in [0.2, 0.25) is 0 Å². The standard InChI is InChI=1S/C20H17O3P/c21-20(22)19-14-8-7-9-16(19)15-24(23,17-10-3-1-4-11-17)18-12-5-2-6-13-18/h1-14H,15H2,(H,21,22)/p-1. The van der Waals surface area contributed by atoms with Crippen molar-refractivity contribution in [3.05, 3.63) is 96.1 Å². The summed E-state index contributed by atoms with van der Waals surface area (Å²) in [6, 6.07) is 25.0. The van der Waals surface area contributed by atoms with Crippen LogP contribution >= 0.6 is 7.14 Å². The Morgan fingerprint density at radius 3 is 1.71 bits per heavy atom. The van der Waals surface area contributed by atoms with Gasteiger partial charge >= 0.3 is 0 Å². The van der Waals surface area contributed by atoms with E-state index >= 15 is 0 Å². The molecule has 0 radical (unpaired) electrons. The summed E-state index contributed by atoms with van der Waals surface area (Å²) in [7, 11) is -3.00. The van der Waals surface area contributed by atoms with Crippen LogP contribution in [-0.4, -0.2) is 5.97 Å². The number of hydrogen-bond acceptors (Lipinski definition) is 3. The van der Waals surface area contributed by atoms with Crippen molar-refractivity contribution in [1.82, 2.24) is 0 Å². The summed E-state index contributed by atoms with van der Waals surface area (Å²) < 4.78 is 13.9. The molecular formula is C20H16O3P-. The molecule has 0 aliphatic rings. The minimum atomic E-state index is -3.00. The zero-order valence-electron chi connectivity index (χ0n) is 13.0. The van der Waals surface area contributed by atoms with Gasteiger partial charge in [0.15, 0.2) is 0 Å². The smallest absolute Gasteiger partial charge is 0.147 e. The van der Waals surface area contributed by atoms with Crippen LogP contribution in [-0.2, 0) is 10.7 Å². The monoisotopic (exact) mass is 335 g/mol. The van der Waals surface area contributed by atoms with E-state index in [9.17, 15) is 14.5 Å². The number of hydrogen-bond donors (Lipinski definition) is 0. The second kappa shape index (κ2) is 6.86. The van der Waals surface area contributed by atoms with Crippen molar-refractivity contribution in [2.24, 2.45) is 0 Å². The number of carboxylic acid groups (broad SMARTS) is 1. The van der Waals surface area contributed by atoms with Crippen molar-refractivity contribution >= 4 is 23.7 Å². The molecule has 3 rings (SSSR count). The molecule has 0 saturated carbocycles. The van der Waals surface area contributed by atoms with Gasteiger partial charge in [-0.3, -0.25) is 0 Å². The second-order valence-corrected chi connectivity index (χ2v) is 8.34. The van der Waals surface area contributed by atoms with E-state index in [1.807, 2.05) is 60.7 Å². The summed E-state index contributed by atoms with van der Waals surface area (Å²) >= 11 is 0. The van der Waals surface area contributed by atoms with Gasteiger partial charge in [0.05, 0.1) is 5.97 Å². The third-order valence-electron chi connectivity index (χ3n) is 3.98. The lowest BCUT2D eigenvalue weighted by molar-refractivity contribution is -0.255. The predicted octanol–water partition coefficient (Wildman–Crippen LogP) is 2.56. The second-order valence-electron chi connectivity index (χ2n) is 5.51. The molecule has 0 saturated heterocycles. The van der Waals surface area contributed by atoms with Gasteiger partial charge in [0.25, 0.3) is 0 Å². The van der Waals surface area contributed by atoms with Crippen LogP contribution in [0, 0.1) is 0 Å². The van der Waals surface area contributed by atoms with Gasteiger partial charge in [0, 0.05) is 22.3 Å². The quantitative estimate of drug-likeness (QED) is 0.674. The van der Waals surface area contributed by atoms with Crippen molar-refractivity contribution in [1.29, 1.82) is 0 Å². The number of carboxylic acids is 1. The van der Waals surface area contributed by atoms with E-state index in [1.54, 1.807) is 18.2 Å². The average Bonchev–Trinajstić information content (AvgIpc) is 2.63. The Morgan fingerprint density at radius 2 is 1.21 bits per heavy atom. The molecule has 0 bridgehead atoms. The minimum absolute atomic E-state index is 0.0876. The molecule has 120 valence electrons. The van der Waals surface area contributed by atoms with Crippen molar-refractivity contribution < 1.29 is 14.5 Å². The first-order valence-electron chi connectivity index (χ1n) is 7.61. The molecular weight excluding hydrogens is 319 g/mol. The zero-order chi connectivity index (χ0) is 17.0. The van der Waals surface area contributed by atoms with E-state index in [-0.39, 0.29) is 11.7 Å². The highest BCUT2D eigenvalue weighted by atomic mass is 31.2. The molecule has 3 aromatic carbocycles. The molecule has 0 unspecified atom stereocenters. The summed E-state index contributed by atoms with van der Waals surface area (Å²) in [5, 5.41) is 12.8. The lowest BCUT2D eigenvalue weighted by atomic mass is 10.1. The molecule has 24 heavy (non-hydrogen) atoms. The average molecular weight is 335 g/mol. The lowest BCUT2D eigenvalue weighted by Crippen LogP contribution is -2.25. The molecule has 0 aliphatic carbocycles. The van der Waals surface area contributed by atoms with Crippen LogP contribution in [0.25, 0.3) is 0 Å². The van der Waals surface area contributed by atoms with Crippen LogP contribution in [0.3, 0.4) is 0 Å². The molecule has 0 amide bonds. The van der Waals surface area contributed by atoms with Crippen LogP contribution in [0.5, 0.6) is 0 Å². The van der Waals surface area contributed by atoms with Gasteiger partial charge in [-0.2, -0.15) is 0 Å². The molecule has 0 aliphatic heterocycles. The molecule has 4 heteroatoms. The molecule has 3 aromatic rings. The fourth-order valence-corrected chi connectivity index (χ4v) is 5.49. The third kappa shape index (κ3) is 3.17. The molecule has 0 aromatic heterocycles. The Kier molecular flexibility index (Phi) is 4.64. The Morgan fingerprint density at radius 1 is 0.750 bits per heavy atom. The maximum absolute atomic E-state index is 13.9. The number of rotatable bonds is 5. The Labute approximate surface area is 141 Å². The summed E-state index contributed by atoms with van der Waals surface area (Å²) in [6.45, 7) is 0. The molecule has 0 fully saturated rings. The maximum atomic E-state index is 13.9. The van der Waals surface area contributed by atoms with Crippen LogP contribution in [0.15, 0.2) is 84.9 Å². The number of benzene rings is 3. The Hall–Kier alpha value is -2.64. The summed E-state index contributed by atoms with van der Waals surface area (Å²) in [5.41, 5.74) is 0.609. The van der Waals surface area contributed by atoms with Gasteiger partial charge in [-0.05, 0) is 5.56 Å². The fraction of sp³-hybridized carbons (Fsp3) is 0.0500. The number of carbonyl (C=O) groups excluding carboxylic acids is 1. The normalized spacial score (nSPS) is 11.2. The molecule has 0 N–H and O–H groups in total. The SMILES string of the molecule is O=C([O-])c1ccccc1CP(=O)(c1ccccc1)c1ccccc1. The van der Waals surface area contributed by atoms with Gasteiger partial charge < -0.3 is 14.5 Å². The lowest BCUT2D eigenvalue weighted by Gasteiger charge is -2.21. The predicted molar refractivity (Wildman–Crippen MR) is 94.2 cm³/mol. The molecule has 3 nitrogen and oxygen atoms in total. The van der Waals surface area contributed by atoms with E-state index in [0.29, 0.717) is 16.2 Å². The van der Waals surface area contributed by atoms with Crippen molar-refractivity contribution in [2.45, 2.75) is 6.16 Å². The molecule has 0 heterocycles. The number of carbonyl (C=O) groups is 1. The summed E-state index contributed by atoms with van der Waals surface area (Å²) in [4.78, 5) is 11.4. The van der Waals surface area contributed by atoms with Gasteiger partial charge in [-0.1, -0.05) is 84.9 Å². The third-order valence-corrected chi connectivity index (χ3v) is 7.03. The van der Waals surface area contributed by atoms with Crippen LogP contribution < -0.4 is 15.7 Å². The zero-order valence-corrected chi connectivity index (χ0v) is 13.9. The van der Waals surface area contributed by atoms with Gasteiger partial charge in [0.1, 0.15) is 7.14 Å². The van der Waals surface area contributed by atoms with Crippen molar-refractivity contribution in [3.8, 4) is 0 Å². The minimum Gasteiger partial charge on any atom is -0.545 e. The highest BCUT2D eigenvalue weighted by Crippen LogP contribution is 2.47. The van der Waals surface area contributed by atoms with E-state index in [1.165, 1.54) is 6.07 Å². The topological polar surface area (TPSA) is 57.2 Å². The van der Waals surface area contributed by atoms with Crippen LogP contribution in [0.1, 0.15) is 15.9 Å². The highest BCUT2D eigenvalue weighted by Gasteiger charge is 2.28. The largest absolute Gasteiger partial charge is 0.545 e. The maximum Gasteiger partial charge on any atom is 0.147 e. The fourth-order valence-electron chi connectivity index (χ4n) is 2.77. The molecule has 0 spiro atoms. The van der Waals surface area contributed by atoms with Crippen molar-refractivity contribution in [2.75, 3.05) is 0 Å². The summed E-state index contributed by atoms with van der Waals surface area (Å²) in [5.74, 6) is -1.25. The van der Waals surface area contributed by atoms with E-state index in [4.69, 9.17) is 0 Å². The van der Waals surface area contributed by atoms with E-state index in [2.05, 4.69) is 0 Å². The highest BCUT2D eigenvalue weighted by molar-refractivity contribution is 7.78. The van der Waals surface area contributed by atoms with E-state index < -0.39 is 13.1 Å². The van der Waals surface area contributed by atoms with Crippen molar-refractivity contribution in [3.63, 3.8) is 0 Å². The molecule has 0 atom stereocenters. The first kappa shape index (κ1) is 16.2. The van der Waals surface area contributed by atoms with Gasteiger partial charge in [-0.15, -0.1) is 0 Å².